The molecule has 0 heterocycles. The van der Waals surface area contributed by atoms with Crippen LogP contribution in [0.2, 0.25) is 15.1 Å². The Labute approximate surface area is 164 Å². The highest BCUT2D eigenvalue weighted by Crippen LogP contribution is 2.20. The third-order valence-corrected chi connectivity index (χ3v) is 4.00. The van der Waals surface area contributed by atoms with Crippen molar-refractivity contribution in [3.05, 3.63) is 68.7 Å². The van der Waals surface area contributed by atoms with Crippen LogP contribution in [0, 0.1) is 0 Å². The summed E-state index contributed by atoms with van der Waals surface area (Å²) in [6.45, 7) is 0. The van der Waals surface area contributed by atoms with Crippen LogP contribution < -0.4 is 16.2 Å². The Balaban J connectivity index is 1.82. The molecule has 2 amide bonds. The lowest BCUT2D eigenvalue weighted by molar-refractivity contribution is -0.121. The van der Waals surface area contributed by atoms with Crippen molar-refractivity contribution in [3.63, 3.8) is 0 Å². The smallest absolute Gasteiger partial charge is 0.258 e. The summed E-state index contributed by atoms with van der Waals surface area (Å²) in [6.07, 6.45) is 0.129. The Morgan fingerprint density at radius 1 is 0.920 bits per heavy atom. The molecule has 0 fully saturated rings. The molecule has 5 nitrogen and oxygen atoms in total. The fourth-order valence-electron chi connectivity index (χ4n) is 1.83. The van der Waals surface area contributed by atoms with Crippen LogP contribution in [0.25, 0.3) is 0 Å². The Morgan fingerprint density at radius 3 is 2.20 bits per heavy atom. The maximum atomic E-state index is 12.1. The molecule has 2 aromatic carbocycles. The molecule has 25 heavy (non-hydrogen) atoms. The van der Waals surface area contributed by atoms with Crippen LogP contribution in [0.1, 0.15) is 15.9 Å². The lowest BCUT2D eigenvalue weighted by Crippen LogP contribution is -2.48. The number of hydrogen-bond acceptors (Lipinski definition) is 3. The van der Waals surface area contributed by atoms with Gasteiger partial charge in [-0.25, -0.2) is 0 Å². The fourth-order valence-corrected chi connectivity index (χ4v) is 2.60. The minimum Gasteiger partial charge on any atom is -0.298 e. The van der Waals surface area contributed by atoms with Crippen molar-refractivity contribution >= 4 is 63.9 Å². The molecule has 2 rings (SSSR count). The highest BCUT2D eigenvalue weighted by Gasteiger charge is 2.12. The maximum Gasteiger partial charge on any atom is 0.258 e. The molecule has 0 bridgehead atoms. The highest BCUT2D eigenvalue weighted by atomic mass is 35.5. The van der Waals surface area contributed by atoms with Gasteiger partial charge in [0.1, 0.15) is 0 Å². The molecular weight excluding hydrogens is 405 g/mol. The number of thiocarbonyl (C=S) groups is 1. The summed E-state index contributed by atoms with van der Waals surface area (Å²) in [6, 6.07) is 11.3. The SMILES string of the molecule is O=C(Cc1ccc(Cl)cc1)NNC(=S)NC(=O)c1ccc(Cl)cc1Cl. The number of carbonyl (C=O) groups is 2. The van der Waals surface area contributed by atoms with Gasteiger partial charge in [0.05, 0.1) is 17.0 Å². The number of benzene rings is 2. The van der Waals surface area contributed by atoms with E-state index < -0.39 is 5.91 Å². The zero-order valence-corrected chi connectivity index (χ0v) is 15.7. The molecule has 0 saturated carbocycles. The lowest BCUT2D eigenvalue weighted by atomic mass is 10.1. The first-order valence-corrected chi connectivity index (χ1v) is 8.49. The predicted octanol–water partition coefficient (Wildman–Crippen LogP) is 3.53. The number of rotatable bonds is 3. The summed E-state index contributed by atoms with van der Waals surface area (Å²) < 4.78 is 0. The summed E-state index contributed by atoms with van der Waals surface area (Å²) in [4.78, 5) is 23.9. The molecule has 0 aliphatic carbocycles. The van der Waals surface area contributed by atoms with E-state index in [2.05, 4.69) is 16.2 Å². The van der Waals surface area contributed by atoms with E-state index in [1.54, 1.807) is 24.3 Å². The van der Waals surface area contributed by atoms with Crippen LogP contribution in [0.5, 0.6) is 0 Å². The van der Waals surface area contributed by atoms with Gasteiger partial charge in [0.15, 0.2) is 5.11 Å². The number of amides is 2. The zero-order valence-electron chi connectivity index (χ0n) is 12.6. The first-order valence-electron chi connectivity index (χ1n) is 6.95. The molecule has 0 aliphatic heterocycles. The molecule has 9 heteroatoms. The number of hydrazine groups is 1. The van der Waals surface area contributed by atoms with E-state index in [0.717, 1.165) is 5.56 Å². The van der Waals surface area contributed by atoms with Crippen molar-refractivity contribution in [1.29, 1.82) is 0 Å². The summed E-state index contributed by atoms with van der Waals surface area (Å²) in [7, 11) is 0. The summed E-state index contributed by atoms with van der Waals surface area (Å²) in [5.74, 6) is -0.852. The van der Waals surface area contributed by atoms with E-state index in [-0.39, 0.29) is 28.0 Å². The quantitative estimate of drug-likeness (QED) is 0.529. The minimum atomic E-state index is -0.522. The summed E-state index contributed by atoms with van der Waals surface area (Å²) in [5.41, 5.74) is 5.84. The van der Waals surface area contributed by atoms with E-state index in [9.17, 15) is 9.59 Å². The average molecular weight is 417 g/mol. The van der Waals surface area contributed by atoms with E-state index in [1.165, 1.54) is 18.2 Å². The zero-order chi connectivity index (χ0) is 18.4. The van der Waals surface area contributed by atoms with Gasteiger partial charge in [-0.15, -0.1) is 0 Å². The predicted molar refractivity (Wildman–Crippen MR) is 103 cm³/mol. The van der Waals surface area contributed by atoms with Crippen molar-refractivity contribution in [3.8, 4) is 0 Å². The van der Waals surface area contributed by atoms with Gasteiger partial charge in [-0.2, -0.15) is 0 Å². The third kappa shape index (κ3) is 6.17. The van der Waals surface area contributed by atoms with Crippen molar-refractivity contribution in [2.75, 3.05) is 0 Å². The van der Waals surface area contributed by atoms with Crippen LogP contribution in [-0.4, -0.2) is 16.9 Å². The van der Waals surface area contributed by atoms with Gasteiger partial charge < -0.3 is 0 Å². The Kier molecular flexibility index (Phi) is 7.01. The Morgan fingerprint density at radius 2 is 1.56 bits per heavy atom. The average Bonchev–Trinajstić information content (AvgIpc) is 2.55. The van der Waals surface area contributed by atoms with Crippen molar-refractivity contribution in [1.82, 2.24) is 16.2 Å². The largest absolute Gasteiger partial charge is 0.298 e. The van der Waals surface area contributed by atoms with Gasteiger partial charge in [0.2, 0.25) is 5.91 Å². The second kappa shape index (κ2) is 9.01. The van der Waals surface area contributed by atoms with Gasteiger partial charge in [-0.3, -0.25) is 25.8 Å². The highest BCUT2D eigenvalue weighted by molar-refractivity contribution is 7.80. The van der Waals surface area contributed by atoms with Crippen LogP contribution in [-0.2, 0) is 11.2 Å². The molecule has 0 spiro atoms. The molecule has 0 aromatic heterocycles. The molecule has 0 atom stereocenters. The number of carbonyl (C=O) groups excluding carboxylic acids is 2. The second-order valence-electron chi connectivity index (χ2n) is 4.88. The summed E-state index contributed by atoms with van der Waals surface area (Å²) in [5, 5.41) is 3.53. The molecule has 3 N–H and O–H groups in total. The monoisotopic (exact) mass is 415 g/mol. The van der Waals surface area contributed by atoms with E-state index in [0.29, 0.717) is 10.0 Å². The number of halogens is 3. The molecule has 130 valence electrons. The van der Waals surface area contributed by atoms with Crippen molar-refractivity contribution in [2.24, 2.45) is 0 Å². The first-order chi connectivity index (χ1) is 11.8. The maximum absolute atomic E-state index is 12.1. The van der Waals surface area contributed by atoms with Gasteiger partial charge in [0.25, 0.3) is 5.91 Å². The van der Waals surface area contributed by atoms with Crippen molar-refractivity contribution in [2.45, 2.75) is 6.42 Å². The molecular formula is C16H12Cl3N3O2S. The molecule has 0 radical (unpaired) electrons. The topological polar surface area (TPSA) is 70.2 Å². The molecule has 0 saturated heterocycles. The number of nitrogens with one attached hydrogen (secondary N) is 3. The first kappa shape index (κ1) is 19.5. The molecule has 2 aromatic rings. The number of hydrogen-bond donors (Lipinski definition) is 3. The van der Waals surface area contributed by atoms with Crippen molar-refractivity contribution < 1.29 is 9.59 Å². The van der Waals surface area contributed by atoms with Gasteiger partial charge in [0, 0.05) is 10.0 Å². The Bertz CT molecular complexity index is 813. The van der Waals surface area contributed by atoms with E-state index in [1.807, 2.05) is 0 Å². The van der Waals surface area contributed by atoms with Gasteiger partial charge in [-0.05, 0) is 48.1 Å². The third-order valence-electron chi connectivity index (χ3n) is 3.00. The van der Waals surface area contributed by atoms with Crippen LogP contribution in [0.15, 0.2) is 42.5 Å². The summed E-state index contributed by atoms with van der Waals surface area (Å²) >= 11 is 22.5. The van der Waals surface area contributed by atoms with Crippen LogP contribution in [0.4, 0.5) is 0 Å². The van der Waals surface area contributed by atoms with Gasteiger partial charge in [-0.1, -0.05) is 46.9 Å². The van der Waals surface area contributed by atoms with Crippen LogP contribution >= 0.6 is 47.0 Å². The van der Waals surface area contributed by atoms with Gasteiger partial charge >= 0.3 is 0 Å². The fraction of sp³-hybridized carbons (Fsp3) is 0.0625. The minimum absolute atomic E-state index is 0.0690. The van der Waals surface area contributed by atoms with Crippen LogP contribution in [0.3, 0.4) is 0 Å². The van der Waals surface area contributed by atoms with E-state index >= 15 is 0 Å². The molecule has 0 aliphatic rings. The Hall–Kier alpha value is -1.86. The second-order valence-corrected chi connectivity index (χ2v) is 6.57. The normalized spacial score (nSPS) is 10.0. The molecule has 0 unspecified atom stereocenters. The lowest BCUT2D eigenvalue weighted by Gasteiger charge is -2.11. The van der Waals surface area contributed by atoms with E-state index in [4.69, 9.17) is 47.0 Å². The standard InChI is InChI=1S/C16H12Cl3N3O2S/c17-10-3-1-9(2-4-10)7-14(23)21-22-16(25)20-15(24)12-6-5-11(18)8-13(12)19/h1-6,8H,7H2,(H,21,23)(H2,20,22,24,25).